The summed E-state index contributed by atoms with van der Waals surface area (Å²) in [4.78, 5) is 16.8. The highest BCUT2D eigenvalue weighted by atomic mass is 79.9. The average Bonchev–Trinajstić information content (AvgIpc) is 3.06. The van der Waals surface area contributed by atoms with Gasteiger partial charge in [-0.1, -0.05) is 20.8 Å². The number of Topliss-reactive ketones (excluding diaryl/α,β-unsaturated/α-hetero) is 1. The number of hydrogen-bond acceptors (Lipinski definition) is 6. The van der Waals surface area contributed by atoms with Crippen LogP contribution in [0, 0.1) is 11.2 Å². The van der Waals surface area contributed by atoms with Gasteiger partial charge in [-0.05, 0) is 29.2 Å². The lowest BCUT2D eigenvalue weighted by Gasteiger charge is -2.27. The van der Waals surface area contributed by atoms with E-state index in [1.165, 1.54) is 14.2 Å². The Morgan fingerprint density at radius 2 is 1.71 bits per heavy atom. The number of carbonyl (C=O) groups excluding carboxylic acids is 1. The van der Waals surface area contributed by atoms with Crippen LogP contribution in [-0.2, 0) is 12.0 Å². The van der Waals surface area contributed by atoms with E-state index in [2.05, 4.69) is 20.8 Å². The highest BCUT2D eigenvalue weighted by Gasteiger charge is 2.33. The van der Waals surface area contributed by atoms with E-state index < -0.39 is 5.82 Å². The predicted octanol–water partition coefficient (Wildman–Crippen LogP) is 4.82. The number of benzene rings is 2. The highest BCUT2D eigenvalue weighted by Crippen LogP contribution is 2.41. The van der Waals surface area contributed by atoms with Gasteiger partial charge in [0.1, 0.15) is 11.6 Å². The SMILES string of the molecule is Br.COc1cc2c(c(F)c1OC)C(=N)N(CC(=O)c1cc(N(C)C)c(OC)c(C(C)(C)C)c1)C2. The molecule has 0 bridgehead atoms. The fourth-order valence-corrected chi connectivity index (χ4v) is 4.10. The summed E-state index contributed by atoms with van der Waals surface area (Å²) in [6, 6.07) is 5.31. The first-order valence-electron chi connectivity index (χ1n) is 10.6. The zero-order valence-electron chi connectivity index (χ0n) is 21.0. The van der Waals surface area contributed by atoms with Gasteiger partial charge in [-0.25, -0.2) is 4.39 Å². The number of halogens is 2. The second kappa shape index (κ2) is 10.2. The van der Waals surface area contributed by atoms with Crippen LogP contribution in [0.4, 0.5) is 10.1 Å². The third kappa shape index (κ3) is 4.85. The van der Waals surface area contributed by atoms with Crippen LogP contribution in [0.2, 0.25) is 0 Å². The number of fused-ring (bicyclic) bond motifs is 1. The van der Waals surface area contributed by atoms with Gasteiger partial charge in [-0.15, -0.1) is 17.0 Å². The van der Waals surface area contributed by atoms with Crippen molar-refractivity contribution in [3.05, 3.63) is 46.3 Å². The van der Waals surface area contributed by atoms with Crippen molar-refractivity contribution >= 4 is 34.3 Å². The zero-order valence-corrected chi connectivity index (χ0v) is 22.7. The summed E-state index contributed by atoms with van der Waals surface area (Å²) in [5.74, 6) is 0.0789. The van der Waals surface area contributed by atoms with E-state index in [1.54, 1.807) is 24.1 Å². The lowest BCUT2D eigenvalue weighted by Crippen LogP contribution is -2.31. The normalized spacial score (nSPS) is 12.7. The Bertz CT molecular complexity index is 1110. The number of ketones is 1. The minimum absolute atomic E-state index is 0. The number of rotatable bonds is 7. The average molecular weight is 538 g/mol. The summed E-state index contributed by atoms with van der Waals surface area (Å²) >= 11 is 0. The first-order valence-corrected chi connectivity index (χ1v) is 10.6. The summed E-state index contributed by atoms with van der Waals surface area (Å²) in [6.45, 7) is 6.37. The highest BCUT2D eigenvalue weighted by molar-refractivity contribution is 8.93. The van der Waals surface area contributed by atoms with E-state index >= 15 is 4.39 Å². The molecule has 0 saturated heterocycles. The lowest BCUT2D eigenvalue weighted by molar-refractivity contribution is 0.0962. The Morgan fingerprint density at radius 3 is 2.21 bits per heavy atom. The van der Waals surface area contributed by atoms with Gasteiger partial charge in [-0.3, -0.25) is 10.2 Å². The summed E-state index contributed by atoms with van der Waals surface area (Å²) in [6.07, 6.45) is 0. The lowest BCUT2D eigenvalue weighted by atomic mass is 9.84. The molecular weight excluding hydrogens is 505 g/mol. The molecule has 186 valence electrons. The molecule has 34 heavy (non-hydrogen) atoms. The number of nitrogens with one attached hydrogen (secondary N) is 1. The van der Waals surface area contributed by atoms with Crippen LogP contribution in [0.15, 0.2) is 18.2 Å². The number of carbonyl (C=O) groups is 1. The minimum atomic E-state index is -0.652. The molecule has 2 aromatic carbocycles. The van der Waals surface area contributed by atoms with Gasteiger partial charge in [0.2, 0.25) is 0 Å². The summed E-state index contributed by atoms with van der Waals surface area (Å²) in [7, 11) is 8.21. The molecule has 1 aliphatic rings. The maximum Gasteiger partial charge on any atom is 0.197 e. The maximum absolute atomic E-state index is 15.0. The molecule has 0 radical (unpaired) electrons. The number of methoxy groups -OCH3 is 3. The van der Waals surface area contributed by atoms with E-state index in [4.69, 9.17) is 19.6 Å². The molecule has 1 aliphatic heterocycles. The van der Waals surface area contributed by atoms with Crippen molar-refractivity contribution in [3.8, 4) is 17.2 Å². The number of ether oxygens (including phenoxy) is 3. The van der Waals surface area contributed by atoms with Gasteiger partial charge < -0.3 is 24.0 Å². The van der Waals surface area contributed by atoms with E-state index in [-0.39, 0.29) is 64.2 Å². The number of anilines is 1. The Morgan fingerprint density at radius 1 is 1.09 bits per heavy atom. The Kier molecular flexibility index (Phi) is 8.24. The Hall–Kier alpha value is -2.81. The van der Waals surface area contributed by atoms with Crippen molar-refractivity contribution in [3.63, 3.8) is 0 Å². The largest absolute Gasteiger partial charge is 0.494 e. The van der Waals surface area contributed by atoms with Crippen molar-refractivity contribution in [2.45, 2.75) is 32.7 Å². The van der Waals surface area contributed by atoms with Crippen LogP contribution >= 0.6 is 17.0 Å². The second-order valence-corrected chi connectivity index (χ2v) is 9.31. The molecule has 2 aromatic rings. The fourth-order valence-electron chi connectivity index (χ4n) is 4.10. The van der Waals surface area contributed by atoms with Crippen LogP contribution in [0.25, 0.3) is 0 Å². The first-order chi connectivity index (χ1) is 15.4. The van der Waals surface area contributed by atoms with Crippen molar-refractivity contribution in [2.75, 3.05) is 46.9 Å². The van der Waals surface area contributed by atoms with Gasteiger partial charge >= 0.3 is 0 Å². The van der Waals surface area contributed by atoms with E-state index in [0.29, 0.717) is 11.1 Å². The summed E-state index contributed by atoms with van der Waals surface area (Å²) in [5.41, 5.74) is 2.71. The van der Waals surface area contributed by atoms with Gasteiger partial charge in [0.05, 0.1) is 39.1 Å². The monoisotopic (exact) mass is 537 g/mol. The molecular formula is C25H33BrFN3O4. The number of nitrogens with zero attached hydrogens (tertiary/aromatic N) is 2. The molecule has 0 unspecified atom stereocenters. The molecule has 1 N–H and O–H groups in total. The molecule has 0 aliphatic carbocycles. The van der Waals surface area contributed by atoms with Gasteiger partial charge in [0.15, 0.2) is 23.1 Å². The van der Waals surface area contributed by atoms with E-state index in [9.17, 15) is 4.79 Å². The third-order valence-corrected chi connectivity index (χ3v) is 5.83. The van der Waals surface area contributed by atoms with Crippen LogP contribution in [0.3, 0.4) is 0 Å². The van der Waals surface area contributed by atoms with Crippen LogP contribution in [0.1, 0.15) is 47.8 Å². The van der Waals surface area contributed by atoms with Gasteiger partial charge in [0, 0.05) is 31.8 Å². The van der Waals surface area contributed by atoms with Crippen LogP contribution in [0.5, 0.6) is 17.2 Å². The third-order valence-electron chi connectivity index (χ3n) is 5.83. The quantitative estimate of drug-likeness (QED) is 0.510. The zero-order chi connectivity index (χ0) is 24.7. The topological polar surface area (TPSA) is 75.1 Å². The molecule has 0 fully saturated rings. The van der Waals surface area contributed by atoms with Crippen molar-refractivity contribution in [1.82, 2.24) is 4.90 Å². The van der Waals surface area contributed by atoms with E-state index in [1.807, 2.05) is 25.1 Å². The number of hydrogen-bond donors (Lipinski definition) is 1. The van der Waals surface area contributed by atoms with Gasteiger partial charge in [0.25, 0.3) is 0 Å². The van der Waals surface area contributed by atoms with Gasteiger partial charge in [-0.2, -0.15) is 0 Å². The molecule has 0 aromatic heterocycles. The molecule has 0 saturated carbocycles. The molecule has 9 heteroatoms. The Labute approximate surface area is 211 Å². The number of amidine groups is 1. The smallest absolute Gasteiger partial charge is 0.197 e. The molecule has 1 heterocycles. The van der Waals surface area contributed by atoms with Crippen LogP contribution < -0.4 is 19.1 Å². The van der Waals surface area contributed by atoms with Crippen molar-refractivity contribution < 1.29 is 23.4 Å². The molecule has 0 amide bonds. The second-order valence-electron chi connectivity index (χ2n) is 9.31. The van der Waals surface area contributed by atoms with E-state index in [0.717, 1.165) is 17.0 Å². The summed E-state index contributed by atoms with van der Waals surface area (Å²) < 4.78 is 31.1. The minimum Gasteiger partial charge on any atom is -0.494 e. The maximum atomic E-state index is 15.0. The Balaban J connectivity index is 0.00000408. The molecule has 7 nitrogen and oxygen atoms in total. The van der Waals surface area contributed by atoms with Crippen LogP contribution in [-0.4, -0.2) is 58.5 Å². The predicted molar refractivity (Wildman–Crippen MR) is 137 cm³/mol. The van der Waals surface area contributed by atoms with Crippen molar-refractivity contribution in [1.29, 1.82) is 5.41 Å². The molecule has 0 spiro atoms. The molecule has 3 rings (SSSR count). The standard InChI is InChI=1S/C25H32FN3O4.BrH/c1-25(2,3)16-9-14(10-17(28(4)5)22(16)32-7)18(30)13-29-12-15-11-19(31-6)23(33-8)21(26)20(15)24(29)27;/h9-11,27H,12-13H2,1-8H3;1H. The summed E-state index contributed by atoms with van der Waals surface area (Å²) in [5, 5.41) is 8.51. The van der Waals surface area contributed by atoms with Crippen molar-refractivity contribution in [2.24, 2.45) is 0 Å². The fraction of sp³-hybridized carbons (Fsp3) is 0.440. The first kappa shape index (κ1) is 27.4. The molecule has 0 atom stereocenters.